The van der Waals surface area contributed by atoms with E-state index in [2.05, 4.69) is 10.5 Å². The van der Waals surface area contributed by atoms with Crippen LogP contribution in [0.1, 0.15) is 46.1 Å². The molecule has 150 valence electrons. The summed E-state index contributed by atoms with van der Waals surface area (Å²) in [6.45, 7) is 7.85. The van der Waals surface area contributed by atoms with Gasteiger partial charge >= 0.3 is 6.09 Å². The van der Waals surface area contributed by atoms with Gasteiger partial charge in [0.2, 0.25) is 0 Å². The summed E-state index contributed by atoms with van der Waals surface area (Å²) in [5, 5.41) is 4.08. The molecular weight excluding hydrogens is 358 g/mol. The minimum Gasteiger partial charge on any atom is -0.485 e. The zero-order valence-corrected chi connectivity index (χ0v) is 16.8. The van der Waals surface area contributed by atoms with E-state index in [1.165, 1.54) is 4.90 Å². The van der Waals surface area contributed by atoms with Gasteiger partial charge in [-0.05, 0) is 52.7 Å². The topological polar surface area (TPSA) is 80.2 Å². The zero-order chi connectivity index (χ0) is 20.3. The quantitative estimate of drug-likeness (QED) is 0.639. The Balaban J connectivity index is 1.62. The number of hydrogen-bond acceptors (Lipinski definition) is 5. The van der Waals surface area contributed by atoms with Gasteiger partial charge in [-0.2, -0.15) is 5.10 Å². The highest BCUT2D eigenvalue weighted by atomic mass is 16.6. The Morgan fingerprint density at radius 1 is 1.32 bits per heavy atom. The van der Waals surface area contributed by atoms with E-state index in [1.807, 2.05) is 37.3 Å². The second-order valence-corrected chi connectivity index (χ2v) is 8.01. The number of amides is 2. The molecule has 28 heavy (non-hydrogen) atoms. The maximum Gasteiger partial charge on any atom is 0.410 e. The van der Waals surface area contributed by atoms with Crippen LogP contribution in [-0.2, 0) is 9.53 Å². The maximum atomic E-state index is 12.5. The highest BCUT2D eigenvalue weighted by molar-refractivity contribution is 5.91. The molecule has 2 aliphatic heterocycles. The predicted octanol–water partition coefficient (Wildman–Crippen LogP) is 3.35. The third-order valence-electron chi connectivity index (χ3n) is 4.59. The summed E-state index contributed by atoms with van der Waals surface area (Å²) in [7, 11) is 0. The van der Waals surface area contributed by atoms with Gasteiger partial charge in [0.05, 0.1) is 6.21 Å². The van der Waals surface area contributed by atoms with Crippen molar-refractivity contribution in [2.45, 2.75) is 58.3 Å². The van der Waals surface area contributed by atoms with Crippen molar-refractivity contribution >= 4 is 24.3 Å². The highest BCUT2D eigenvalue weighted by Gasteiger charge is 2.36. The van der Waals surface area contributed by atoms with E-state index >= 15 is 0 Å². The first kappa shape index (κ1) is 19.9. The molecule has 2 aliphatic rings. The lowest BCUT2D eigenvalue weighted by Gasteiger charge is -2.27. The molecular formula is C21H27N3O4. The molecule has 7 nitrogen and oxygen atoms in total. The maximum absolute atomic E-state index is 12.5. The molecule has 1 aromatic carbocycles. The smallest absolute Gasteiger partial charge is 0.410 e. The van der Waals surface area contributed by atoms with Crippen LogP contribution in [-0.4, -0.2) is 47.4 Å². The number of benzene rings is 1. The first-order valence-electron chi connectivity index (χ1n) is 9.54. The van der Waals surface area contributed by atoms with E-state index in [9.17, 15) is 9.59 Å². The van der Waals surface area contributed by atoms with Crippen LogP contribution >= 0.6 is 0 Å². The fraction of sp³-hybridized carbons (Fsp3) is 0.476. The van der Waals surface area contributed by atoms with Crippen molar-refractivity contribution in [3.8, 4) is 5.75 Å². The average molecular weight is 385 g/mol. The van der Waals surface area contributed by atoms with Gasteiger partial charge in [-0.15, -0.1) is 0 Å². The fourth-order valence-electron chi connectivity index (χ4n) is 3.23. The summed E-state index contributed by atoms with van der Waals surface area (Å²) >= 11 is 0. The van der Waals surface area contributed by atoms with Crippen molar-refractivity contribution in [2.24, 2.45) is 5.10 Å². The minimum absolute atomic E-state index is 0.166. The number of rotatable bonds is 3. The summed E-state index contributed by atoms with van der Waals surface area (Å²) in [5.74, 6) is 0.514. The molecule has 0 aliphatic carbocycles. The SMILES string of the molecule is C[C@@H]1Oc2ccccc2C=C1/C=N\NC(=O)[C@@H]1CCCN1C(=O)OC(C)(C)C. The molecule has 2 heterocycles. The summed E-state index contributed by atoms with van der Waals surface area (Å²) in [6.07, 6.45) is 4.29. The highest BCUT2D eigenvalue weighted by Crippen LogP contribution is 2.28. The molecule has 1 fully saturated rings. The molecule has 1 saturated heterocycles. The van der Waals surface area contributed by atoms with E-state index in [-0.39, 0.29) is 12.0 Å². The van der Waals surface area contributed by atoms with Gasteiger partial charge in [0.1, 0.15) is 23.5 Å². The predicted molar refractivity (Wildman–Crippen MR) is 107 cm³/mol. The number of fused-ring (bicyclic) bond motifs is 1. The van der Waals surface area contributed by atoms with Crippen molar-refractivity contribution in [3.05, 3.63) is 35.4 Å². The molecule has 3 rings (SSSR count). The van der Waals surface area contributed by atoms with Crippen LogP contribution in [0.25, 0.3) is 6.08 Å². The number of carbonyl (C=O) groups excluding carboxylic acids is 2. The Morgan fingerprint density at radius 2 is 2.07 bits per heavy atom. The van der Waals surface area contributed by atoms with Crippen LogP contribution in [0.4, 0.5) is 4.79 Å². The van der Waals surface area contributed by atoms with E-state index in [1.54, 1.807) is 27.0 Å². The zero-order valence-electron chi connectivity index (χ0n) is 16.8. The minimum atomic E-state index is -0.598. The number of para-hydroxylation sites is 1. The Morgan fingerprint density at radius 3 is 2.82 bits per heavy atom. The normalized spacial score (nSPS) is 21.7. The Hall–Kier alpha value is -2.83. The van der Waals surface area contributed by atoms with Crippen LogP contribution < -0.4 is 10.2 Å². The van der Waals surface area contributed by atoms with Gasteiger partial charge < -0.3 is 9.47 Å². The summed E-state index contributed by atoms with van der Waals surface area (Å²) in [6, 6.07) is 7.18. The molecule has 0 aromatic heterocycles. The van der Waals surface area contributed by atoms with Gasteiger partial charge in [-0.3, -0.25) is 9.69 Å². The first-order valence-corrected chi connectivity index (χ1v) is 9.54. The van der Waals surface area contributed by atoms with Gasteiger partial charge in [0.25, 0.3) is 5.91 Å². The number of nitrogens with zero attached hydrogens (tertiary/aromatic N) is 2. The Kier molecular flexibility index (Phi) is 5.72. The van der Waals surface area contributed by atoms with Gasteiger partial charge in [-0.25, -0.2) is 10.2 Å². The third-order valence-corrected chi connectivity index (χ3v) is 4.59. The van der Waals surface area contributed by atoms with Crippen LogP contribution in [0.15, 0.2) is 34.9 Å². The summed E-state index contributed by atoms with van der Waals surface area (Å²) < 4.78 is 11.2. The Bertz CT molecular complexity index is 810. The van der Waals surface area contributed by atoms with Crippen molar-refractivity contribution < 1.29 is 19.1 Å². The molecule has 0 unspecified atom stereocenters. The number of ether oxygens (including phenoxy) is 2. The number of hydrogen-bond donors (Lipinski definition) is 1. The second-order valence-electron chi connectivity index (χ2n) is 8.01. The van der Waals surface area contributed by atoms with E-state index in [0.29, 0.717) is 13.0 Å². The van der Waals surface area contributed by atoms with Crippen molar-refractivity contribution in [1.29, 1.82) is 0 Å². The van der Waals surface area contributed by atoms with Crippen LogP contribution in [0.5, 0.6) is 5.75 Å². The summed E-state index contributed by atoms with van der Waals surface area (Å²) in [4.78, 5) is 26.3. The fourth-order valence-corrected chi connectivity index (χ4v) is 3.23. The number of nitrogens with one attached hydrogen (secondary N) is 1. The van der Waals surface area contributed by atoms with E-state index < -0.39 is 17.7 Å². The van der Waals surface area contributed by atoms with Gasteiger partial charge in [0, 0.05) is 17.7 Å². The van der Waals surface area contributed by atoms with E-state index in [4.69, 9.17) is 9.47 Å². The van der Waals surface area contributed by atoms with Crippen molar-refractivity contribution in [3.63, 3.8) is 0 Å². The van der Waals surface area contributed by atoms with Crippen LogP contribution in [0.3, 0.4) is 0 Å². The van der Waals surface area contributed by atoms with Crippen LogP contribution in [0.2, 0.25) is 0 Å². The molecule has 0 bridgehead atoms. The molecule has 2 amide bonds. The lowest BCUT2D eigenvalue weighted by molar-refractivity contribution is -0.125. The van der Waals surface area contributed by atoms with E-state index in [0.717, 1.165) is 23.3 Å². The van der Waals surface area contributed by atoms with Crippen LogP contribution in [0, 0.1) is 0 Å². The molecule has 0 saturated carbocycles. The lowest BCUT2D eigenvalue weighted by Crippen LogP contribution is -2.46. The lowest BCUT2D eigenvalue weighted by atomic mass is 10.0. The number of likely N-dealkylation sites (tertiary alicyclic amines) is 1. The number of hydrazone groups is 1. The second kappa shape index (κ2) is 8.04. The van der Waals surface area contributed by atoms with Crippen molar-refractivity contribution in [2.75, 3.05) is 6.54 Å². The van der Waals surface area contributed by atoms with Gasteiger partial charge in [0.15, 0.2) is 0 Å². The molecule has 1 aromatic rings. The molecule has 0 radical (unpaired) electrons. The largest absolute Gasteiger partial charge is 0.485 e. The number of carbonyl (C=O) groups is 2. The summed E-state index contributed by atoms with van der Waals surface area (Å²) in [5.41, 5.74) is 3.78. The molecule has 7 heteroatoms. The molecule has 1 N–H and O–H groups in total. The molecule has 2 atom stereocenters. The first-order chi connectivity index (χ1) is 13.2. The average Bonchev–Trinajstić information content (AvgIpc) is 3.10. The van der Waals surface area contributed by atoms with Gasteiger partial charge in [-0.1, -0.05) is 18.2 Å². The third kappa shape index (κ3) is 4.71. The molecule has 0 spiro atoms. The van der Waals surface area contributed by atoms with Crippen molar-refractivity contribution in [1.82, 2.24) is 10.3 Å². The Labute approximate surface area is 165 Å². The monoisotopic (exact) mass is 385 g/mol. The standard InChI is InChI=1S/C21H27N3O4/c1-14-16(12-15-8-5-6-10-18(15)27-14)13-22-23-19(25)17-9-7-11-24(17)20(26)28-21(2,3)4/h5-6,8,10,12-14,17H,7,9,11H2,1-4H3,(H,23,25)/b22-13-/t14-,17-/m0/s1.